The van der Waals surface area contributed by atoms with E-state index in [1.165, 1.54) is 0 Å². The lowest BCUT2D eigenvalue weighted by atomic mass is 9.83. The normalized spacial score (nSPS) is 19.8. The van der Waals surface area contributed by atoms with Crippen LogP contribution < -0.4 is 10.6 Å². The van der Waals surface area contributed by atoms with Gasteiger partial charge in [0.2, 0.25) is 5.91 Å². The third-order valence-electron chi connectivity index (χ3n) is 3.51. The Morgan fingerprint density at radius 2 is 2.17 bits per heavy atom. The van der Waals surface area contributed by atoms with Gasteiger partial charge in [0.1, 0.15) is 0 Å². The summed E-state index contributed by atoms with van der Waals surface area (Å²) < 4.78 is 0. The van der Waals surface area contributed by atoms with Crippen LogP contribution in [-0.4, -0.2) is 25.0 Å². The van der Waals surface area contributed by atoms with Gasteiger partial charge >= 0.3 is 0 Å². The molecule has 1 fully saturated rings. The van der Waals surface area contributed by atoms with Crippen molar-refractivity contribution in [3.63, 3.8) is 0 Å². The molecule has 0 aliphatic carbocycles. The van der Waals surface area contributed by atoms with Gasteiger partial charge in [0.05, 0.1) is 5.41 Å². The summed E-state index contributed by atoms with van der Waals surface area (Å²) in [5.41, 5.74) is 0.260. The molecular formula is C14H19ClN2O. The van der Waals surface area contributed by atoms with Crippen LogP contribution in [0.15, 0.2) is 24.3 Å². The summed E-state index contributed by atoms with van der Waals surface area (Å²) in [6, 6.07) is 7.76. The third-order valence-corrected chi connectivity index (χ3v) is 3.84. The standard InChI is InChI=1S/C14H19ClN2O/c1-14(2,11-5-3-4-6-12(11)15)13(18)17-10-7-8-16-9-10/h3-6,10,16H,7-9H2,1-2H3,(H,17,18). The zero-order valence-electron chi connectivity index (χ0n) is 10.8. The molecule has 1 aromatic carbocycles. The molecule has 1 saturated heterocycles. The van der Waals surface area contributed by atoms with Gasteiger partial charge < -0.3 is 10.6 Å². The highest BCUT2D eigenvalue weighted by molar-refractivity contribution is 6.31. The zero-order valence-corrected chi connectivity index (χ0v) is 11.6. The van der Waals surface area contributed by atoms with Gasteiger partial charge in [0, 0.05) is 17.6 Å². The van der Waals surface area contributed by atoms with Crippen molar-refractivity contribution >= 4 is 17.5 Å². The van der Waals surface area contributed by atoms with Crippen LogP contribution in [0.5, 0.6) is 0 Å². The van der Waals surface area contributed by atoms with Gasteiger partial charge in [-0.3, -0.25) is 4.79 Å². The molecule has 3 nitrogen and oxygen atoms in total. The Labute approximate surface area is 113 Å². The quantitative estimate of drug-likeness (QED) is 0.880. The van der Waals surface area contributed by atoms with E-state index in [4.69, 9.17) is 11.6 Å². The summed E-state index contributed by atoms with van der Waals surface area (Å²) in [5, 5.41) is 6.97. The van der Waals surface area contributed by atoms with Gasteiger partial charge in [-0.2, -0.15) is 0 Å². The molecule has 4 heteroatoms. The molecule has 98 valence electrons. The average molecular weight is 267 g/mol. The lowest BCUT2D eigenvalue weighted by Gasteiger charge is -2.27. The topological polar surface area (TPSA) is 41.1 Å². The molecular weight excluding hydrogens is 248 g/mol. The second kappa shape index (κ2) is 5.29. The van der Waals surface area contributed by atoms with E-state index < -0.39 is 5.41 Å². The molecule has 2 rings (SSSR count). The summed E-state index contributed by atoms with van der Waals surface area (Å²) in [5.74, 6) is 0.0318. The Kier molecular flexibility index (Phi) is 3.93. The first-order chi connectivity index (χ1) is 8.51. The molecule has 0 bridgehead atoms. The minimum Gasteiger partial charge on any atom is -0.351 e. The monoisotopic (exact) mass is 266 g/mol. The summed E-state index contributed by atoms with van der Waals surface area (Å²) in [4.78, 5) is 12.4. The lowest BCUT2D eigenvalue weighted by Crippen LogP contribution is -2.46. The van der Waals surface area contributed by atoms with Crippen molar-refractivity contribution in [2.75, 3.05) is 13.1 Å². The first kappa shape index (κ1) is 13.4. The summed E-state index contributed by atoms with van der Waals surface area (Å²) in [6.07, 6.45) is 0.990. The van der Waals surface area contributed by atoms with Gasteiger partial charge in [-0.15, -0.1) is 0 Å². The SMILES string of the molecule is CC(C)(C(=O)NC1CCNC1)c1ccccc1Cl. The lowest BCUT2D eigenvalue weighted by molar-refractivity contribution is -0.126. The molecule has 1 amide bonds. The van der Waals surface area contributed by atoms with Crippen LogP contribution in [0, 0.1) is 0 Å². The Hall–Kier alpha value is -1.06. The Balaban J connectivity index is 2.14. The van der Waals surface area contributed by atoms with Crippen molar-refractivity contribution in [2.45, 2.75) is 31.7 Å². The van der Waals surface area contributed by atoms with E-state index in [-0.39, 0.29) is 11.9 Å². The van der Waals surface area contributed by atoms with Crippen molar-refractivity contribution in [2.24, 2.45) is 0 Å². The number of carbonyl (C=O) groups is 1. The second-order valence-electron chi connectivity index (χ2n) is 5.27. The van der Waals surface area contributed by atoms with E-state index in [2.05, 4.69) is 10.6 Å². The van der Waals surface area contributed by atoms with Crippen molar-refractivity contribution in [3.8, 4) is 0 Å². The minimum absolute atomic E-state index is 0.0318. The third kappa shape index (κ3) is 2.68. The Bertz CT molecular complexity index is 439. The molecule has 2 N–H and O–H groups in total. The number of hydrogen-bond acceptors (Lipinski definition) is 2. The fraction of sp³-hybridized carbons (Fsp3) is 0.500. The van der Waals surface area contributed by atoms with E-state index >= 15 is 0 Å². The molecule has 18 heavy (non-hydrogen) atoms. The molecule has 1 atom stereocenters. The maximum atomic E-state index is 12.4. The van der Waals surface area contributed by atoms with Gasteiger partial charge in [-0.05, 0) is 38.4 Å². The van der Waals surface area contributed by atoms with Crippen LogP contribution in [-0.2, 0) is 10.2 Å². The van der Waals surface area contributed by atoms with Gasteiger partial charge in [0.25, 0.3) is 0 Å². The zero-order chi connectivity index (χ0) is 13.2. The summed E-state index contributed by atoms with van der Waals surface area (Å²) >= 11 is 6.18. The molecule has 1 heterocycles. The van der Waals surface area contributed by atoms with Crippen LogP contribution in [0.2, 0.25) is 5.02 Å². The molecule has 1 unspecified atom stereocenters. The predicted molar refractivity (Wildman–Crippen MR) is 73.9 cm³/mol. The van der Waals surface area contributed by atoms with Gasteiger partial charge in [0.15, 0.2) is 0 Å². The first-order valence-corrected chi connectivity index (χ1v) is 6.66. The number of carbonyl (C=O) groups excluding carboxylic acids is 1. The average Bonchev–Trinajstić information content (AvgIpc) is 2.82. The Morgan fingerprint density at radius 3 is 2.78 bits per heavy atom. The summed E-state index contributed by atoms with van der Waals surface area (Å²) in [7, 11) is 0. The van der Waals surface area contributed by atoms with Crippen LogP contribution in [0.25, 0.3) is 0 Å². The van der Waals surface area contributed by atoms with Gasteiger partial charge in [-0.1, -0.05) is 29.8 Å². The highest BCUT2D eigenvalue weighted by Gasteiger charge is 2.33. The second-order valence-corrected chi connectivity index (χ2v) is 5.68. The number of halogens is 1. The van der Waals surface area contributed by atoms with E-state index in [9.17, 15) is 4.79 Å². The highest BCUT2D eigenvalue weighted by atomic mass is 35.5. The molecule has 0 spiro atoms. The number of benzene rings is 1. The van der Waals surface area contributed by atoms with E-state index in [0.717, 1.165) is 25.1 Å². The fourth-order valence-corrected chi connectivity index (χ4v) is 2.61. The van der Waals surface area contributed by atoms with Crippen molar-refractivity contribution in [1.82, 2.24) is 10.6 Å². The maximum absolute atomic E-state index is 12.4. The van der Waals surface area contributed by atoms with E-state index in [1.54, 1.807) is 0 Å². The van der Waals surface area contributed by atoms with Crippen molar-refractivity contribution in [3.05, 3.63) is 34.9 Å². The molecule has 1 aromatic rings. The van der Waals surface area contributed by atoms with Crippen LogP contribution in [0.1, 0.15) is 25.8 Å². The van der Waals surface area contributed by atoms with Crippen LogP contribution in [0.3, 0.4) is 0 Å². The minimum atomic E-state index is -0.610. The molecule has 0 radical (unpaired) electrons. The molecule has 0 saturated carbocycles. The molecule has 0 aromatic heterocycles. The predicted octanol–water partition coefficient (Wildman–Crippen LogP) is 2.10. The van der Waals surface area contributed by atoms with Crippen molar-refractivity contribution in [1.29, 1.82) is 0 Å². The number of amides is 1. The fourth-order valence-electron chi connectivity index (χ4n) is 2.23. The summed E-state index contributed by atoms with van der Waals surface area (Å²) in [6.45, 7) is 5.64. The smallest absolute Gasteiger partial charge is 0.230 e. The van der Waals surface area contributed by atoms with Gasteiger partial charge in [-0.25, -0.2) is 0 Å². The highest BCUT2D eigenvalue weighted by Crippen LogP contribution is 2.30. The maximum Gasteiger partial charge on any atom is 0.230 e. The Morgan fingerprint density at radius 1 is 1.44 bits per heavy atom. The van der Waals surface area contributed by atoms with E-state index in [0.29, 0.717) is 5.02 Å². The van der Waals surface area contributed by atoms with Crippen molar-refractivity contribution < 1.29 is 4.79 Å². The first-order valence-electron chi connectivity index (χ1n) is 6.28. The largest absolute Gasteiger partial charge is 0.351 e. The van der Waals surface area contributed by atoms with Crippen LogP contribution >= 0.6 is 11.6 Å². The number of hydrogen-bond donors (Lipinski definition) is 2. The van der Waals surface area contributed by atoms with Crippen LogP contribution in [0.4, 0.5) is 0 Å². The molecule has 1 aliphatic rings. The van der Waals surface area contributed by atoms with E-state index in [1.807, 2.05) is 38.1 Å². The molecule has 1 aliphatic heterocycles. The number of rotatable bonds is 3. The number of nitrogens with one attached hydrogen (secondary N) is 2.